The Hall–Kier alpha value is -1.66. The number of nitrogens with zero attached hydrogens (tertiary/aromatic N) is 1. The van der Waals surface area contributed by atoms with Crippen molar-refractivity contribution in [3.05, 3.63) is 44.2 Å². The molecular weight excluding hydrogens is 390 g/mol. The predicted molar refractivity (Wildman–Crippen MR) is 100.0 cm³/mol. The first-order valence-electron chi connectivity index (χ1n) is 7.94. The first-order chi connectivity index (χ1) is 11.6. The van der Waals surface area contributed by atoms with Crippen LogP contribution in [-0.2, 0) is 17.6 Å². The first kappa shape index (κ1) is 17.2. The summed E-state index contributed by atoms with van der Waals surface area (Å²) in [4.78, 5) is 18.1. The lowest BCUT2D eigenvalue weighted by Gasteiger charge is -2.11. The summed E-state index contributed by atoms with van der Waals surface area (Å²) in [5, 5.41) is 10.6. The maximum Gasteiger partial charge on any atom is 0.341 e. The average Bonchev–Trinajstić information content (AvgIpc) is 2.94. The fourth-order valence-corrected chi connectivity index (χ4v) is 4.41. The Morgan fingerprint density at radius 2 is 2.21 bits per heavy atom. The zero-order valence-electron chi connectivity index (χ0n) is 13.3. The number of fused-ring (bicyclic) bond motifs is 1. The lowest BCUT2D eigenvalue weighted by molar-refractivity contribution is 0.0526. The van der Waals surface area contributed by atoms with Crippen LogP contribution in [0, 0.1) is 0 Å². The molecule has 1 aliphatic rings. The topological polar surface area (TPSA) is 58.9 Å². The number of aliphatic imine (C=N–C) groups is 1. The number of ether oxygens (including phenoxy) is 1. The number of rotatable bonds is 4. The van der Waals surface area contributed by atoms with Gasteiger partial charge in [-0.2, -0.15) is 0 Å². The van der Waals surface area contributed by atoms with Crippen molar-refractivity contribution < 1.29 is 14.6 Å². The van der Waals surface area contributed by atoms with Gasteiger partial charge in [-0.3, -0.25) is 0 Å². The summed E-state index contributed by atoms with van der Waals surface area (Å²) in [5.41, 5.74) is 2.29. The van der Waals surface area contributed by atoms with Crippen LogP contribution in [-0.4, -0.2) is 23.9 Å². The number of hydrogen-bond acceptors (Lipinski definition) is 5. The molecule has 0 saturated heterocycles. The molecule has 1 aromatic heterocycles. The van der Waals surface area contributed by atoms with Gasteiger partial charge in [0.15, 0.2) is 0 Å². The third-order valence-electron chi connectivity index (χ3n) is 3.94. The number of halogens is 1. The van der Waals surface area contributed by atoms with Gasteiger partial charge in [-0.15, -0.1) is 11.3 Å². The zero-order valence-corrected chi connectivity index (χ0v) is 15.7. The molecule has 4 nitrogen and oxygen atoms in total. The molecule has 1 aliphatic carbocycles. The van der Waals surface area contributed by atoms with Crippen LogP contribution in [0.3, 0.4) is 0 Å². The number of phenols is 1. The van der Waals surface area contributed by atoms with Crippen LogP contribution >= 0.6 is 27.3 Å². The van der Waals surface area contributed by atoms with E-state index in [1.54, 1.807) is 42.7 Å². The largest absolute Gasteiger partial charge is 0.507 e. The number of carbonyl (C=O) groups excluding carboxylic acids is 1. The van der Waals surface area contributed by atoms with Crippen molar-refractivity contribution in [2.24, 2.45) is 4.99 Å². The Morgan fingerprint density at radius 1 is 1.42 bits per heavy atom. The summed E-state index contributed by atoms with van der Waals surface area (Å²) < 4.78 is 6.08. The molecule has 3 rings (SSSR count). The molecule has 1 N–H and O–H groups in total. The van der Waals surface area contributed by atoms with Crippen molar-refractivity contribution >= 4 is 44.5 Å². The molecule has 0 radical (unpaired) electrons. The maximum atomic E-state index is 12.4. The number of aromatic hydroxyl groups is 1. The van der Waals surface area contributed by atoms with Crippen LogP contribution in [0.1, 0.15) is 46.1 Å². The molecule has 0 unspecified atom stereocenters. The fourth-order valence-electron chi connectivity index (χ4n) is 2.81. The van der Waals surface area contributed by atoms with Gasteiger partial charge < -0.3 is 9.84 Å². The summed E-state index contributed by atoms with van der Waals surface area (Å²) in [5.74, 6) is -0.150. The van der Waals surface area contributed by atoms with E-state index in [2.05, 4.69) is 20.9 Å². The highest BCUT2D eigenvalue weighted by atomic mass is 79.9. The van der Waals surface area contributed by atoms with Gasteiger partial charge in [0.25, 0.3) is 0 Å². The summed E-state index contributed by atoms with van der Waals surface area (Å²) >= 11 is 4.94. The van der Waals surface area contributed by atoms with Crippen molar-refractivity contribution in [3.63, 3.8) is 0 Å². The van der Waals surface area contributed by atoms with Crippen molar-refractivity contribution in [2.45, 2.75) is 32.6 Å². The van der Waals surface area contributed by atoms with E-state index in [1.165, 1.54) is 4.88 Å². The molecule has 0 aliphatic heterocycles. The molecule has 6 heteroatoms. The van der Waals surface area contributed by atoms with Crippen LogP contribution in [0.5, 0.6) is 5.75 Å². The molecule has 1 heterocycles. The minimum Gasteiger partial charge on any atom is -0.507 e. The van der Waals surface area contributed by atoms with Gasteiger partial charge in [-0.25, -0.2) is 9.79 Å². The maximum absolute atomic E-state index is 12.4. The van der Waals surface area contributed by atoms with E-state index >= 15 is 0 Å². The molecule has 0 spiro atoms. The molecule has 0 saturated carbocycles. The van der Waals surface area contributed by atoms with Crippen LogP contribution in [0.2, 0.25) is 0 Å². The molecule has 0 fully saturated rings. The summed E-state index contributed by atoms with van der Waals surface area (Å²) in [7, 11) is 0. The number of phenolic OH excluding ortho intramolecular Hbond substituents is 1. The number of aryl methyl sites for hydroxylation is 1. The molecule has 0 bridgehead atoms. The Bertz CT molecular complexity index is 798. The normalized spacial score (nSPS) is 13.9. The molecule has 1 aromatic carbocycles. The summed E-state index contributed by atoms with van der Waals surface area (Å²) in [6.07, 6.45) is 5.72. The number of hydrogen-bond donors (Lipinski definition) is 1. The van der Waals surface area contributed by atoms with Gasteiger partial charge in [-0.1, -0.05) is 15.9 Å². The Kier molecular flexibility index (Phi) is 5.36. The van der Waals surface area contributed by atoms with Crippen LogP contribution in [0.15, 0.2) is 27.7 Å². The average molecular weight is 408 g/mol. The van der Waals surface area contributed by atoms with Crippen molar-refractivity contribution in [1.29, 1.82) is 0 Å². The minimum absolute atomic E-state index is 0.154. The molecule has 0 amide bonds. The third kappa shape index (κ3) is 3.54. The van der Waals surface area contributed by atoms with Gasteiger partial charge in [0.1, 0.15) is 10.8 Å². The van der Waals surface area contributed by atoms with E-state index in [0.717, 1.165) is 35.7 Å². The molecule has 0 atom stereocenters. The fraction of sp³-hybridized carbons (Fsp3) is 0.333. The second kappa shape index (κ2) is 7.49. The second-order valence-corrected chi connectivity index (χ2v) is 7.57. The van der Waals surface area contributed by atoms with Gasteiger partial charge in [0.2, 0.25) is 0 Å². The van der Waals surface area contributed by atoms with Crippen molar-refractivity contribution in [3.8, 4) is 5.75 Å². The van der Waals surface area contributed by atoms with Gasteiger partial charge in [-0.05, 0) is 56.4 Å². The molecular formula is C18H18BrNO3S. The zero-order chi connectivity index (χ0) is 17.1. The molecule has 2 aromatic rings. The van der Waals surface area contributed by atoms with E-state index in [9.17, 15) is 9.90 Å². The third-order valence-corrected chi connectivity index (χ3v) is 5.64. The summed E-state index contributed by atoms with van der Waals surface area (Å²) in [6, 6.07) is 5.16. The monoisotopic (exact) mass is 407 g/mol. The van der Waals surface area contributed by atoms with Crippen LogP contribution in [0.4, 0.5) is 5.00 Å². The van der Waals surface area contributed by atoms with Gasteiger partial charge in [0, 0.05) is 21.1 Å². The SMILES string of the molecule is CCOC(=O)c1c(N=Cc2cc(Br)ccc2O)sc2c1CCCC2. The van der Waals surface area contributed by atoms with Crippen LogP contribution in [0.25, 0.3) is 0 Å². The van der Waals surface area contributed by atoms with E-state index < -0.39 is 0 Å². The number of carbonyl (C=O) groups is 1. The molecule has 24 heavy (non-hydrogen) atoms. The first-order valence-corrected chi connectivity index (χ1v) is 9.55. The lowest BCUT2D eigenvalue weighted by atomic mass is 9.95. The number of benzene rings is 1. The number of esters is 1. The lowest BCUT2D eigenvalue weighted by Crippen LogP contribution is -2.09. The smallest absolute Gasteiger partial charge is 0.341 e. The minimum atomic E-state index is -0.303. The Labute approximate surface area is 153 Å². The van der Waals surface area contributed by atoms with Crippen molar-refractivity contribution in [2.75, 3.05) is 6.61 Å². The van der Waals surface area contributed by atoms with E-state index in [0.29, 0.717) is 22.7 Å². The standard InChI is InChI=1S/C18H18BrNO3S/c1-2-23-18(22)16-13-5-3-4-6-15(13)24-17(16)20-10-11-9-12(19)7-8-14(11)21/h7-10,21H,2-6H2,1H3. The summed E-state index contributed by atoms with van der Waals surface area (Å²) in [6.45, 7) is 2.15. The van der Waals surface area contributed by atoms with E-state index in [1.807, 2.05) is 0 Å². The van der Waals surface area contributed by atoms with E-state index in [4.69, 9.17) is 4.74 Å². The van der Waals surface area contributed by atoms with Gasteiger partial charge in [0.05, 0.1) is 12.2 Å². The van der Waals surface area contributed by atoms with E-state index in [-0.39, 0.29) is 11.7 Å². The van der Waals surface area contributed by atoms with Crippen molar-refractivity contribution in [1.82, 2.24) is 0 Å². The quantitative estimate of drug-likeness (QED) is 0.571. The highest BCUT2D eigenvalue weighted by Crippen LogP contribution is 2.40. The highest BCUT2D eigenvalue weighted by molar-refractivity contribution is 9.10. The molecule has 126 valence electrons. The highest BCUT2D eigenvalue weighted by Gasteiger charge is 2.26. The second-order valence-electron chi connectivity index (χ2n) is 5.57. The Balaban J connectivity index is 2.00. The van der Waals surface area contributed by atoms with Gasteiger partial charge >= 0.3 is 5.97 Å². The predicted octanol–water partition coefficient (Wildman–Crippen LogP) is 5.02. The number of thiophene rings is 1. The Morgan fingerprint density at radius 3 is 3.00 bits per heavy atom. The van der Waals surface area contributed by atoms with Crippen LogP contribution < -0.4 is 0 Å².